The average Bonchev–Trinajstić information content (AvgIpc) is 3.28. The first-order valence-corrected chi connectivity index (χ1v) is 14.3. The summed E-state index contributed by atoms with van der Waals surface area (Å²) in [6, 6.07) is 31.5. The molecule has 4 aromatic rings. The molecular weight excluding hydrogens is 573 g/mol. The molecule has 1 amide bonds. The normalized spacial score (nSPS) is 14.0. The Morgan fingerprint density at radius 1 is 0.881 bits per heavy atom. The number of hydrogen-bond acceptors (Lipinski definition) is 7. The number of thiocarbonyl (C=S) groups is 1. The maximum absolute atomic E-state index is 13.3. The number of thioether (sulfide) groups is 1. The van der Waals surface area contributed by atoms with Crippen molar-refractivity contribution in [1.82, 2.24) is 4.90 Å². The van der Waals surface area contributed by atoms with Crippen LogP contribution in [0.4, 0.5) is 4.39 Å². The Balaban J connectivity index is 1.46. The van der Waals surface area contributed by atoms with E-state index in [9.17, 15) is 14.0 Å². The topological polar surface area (TPSA) is 65.1 Å². The second-order valence-corrected chi connectivity index (χ2v) is 10.9. The predicted octanol–water partition coefficient (Wildman–Crippen LogP) is 6.95. The molecule has 0 spiro atoms. The van der Waals surface area contributed by atoms with E-state index < -0.39 is 6.10 Å². The summed E-state index contributed by atoms with van der Waals surface area (Å²) < 4.78 is 31.2. The second-order valence-electron chi connectivity index (χ2n) is 9.25. The largest absolute Gasteiger partial charge is 0.489 e. The first-order valence-electron chi connectivity index (χ1n) is 13.1. The molecule has 0 N–H and O–H groups in total. The van der Waals surface area contributed by atoms with Crippen LogP contribution >= 0.6 is 24.0 Å². The third-order valence-corrected chi connectivity index (χ3v) is 7.80. The van der Waals surface area contributed by atoms with Crippen molar-refractivity contribution in [2.45, 2.75) is 12.5 Å². The van der Waals surface area contributed by atoms with Gasteiger partial charge in [-0.05, 0) is 52.6 Å². The molecule has 1 fully saturated rings. The number of ether oxygens (including phenoxy) is 3. The van der Waals surface area contributed by atoms with Crippen LogP contribution in [0.3, 0.4) is 0 Å². The summed E-state index contributed by atoms with van der Waals surface area (Å²) in [5.41, 5.74) is 3.57. The fourth-order valence-electron chi connectivity index (χ4n) is 4.33. The number of carbonyl (C=O) groups is 2. The summed E-state index contributed by atoms with van der Waals surface area (Å²) in [5.74, 6) is 0.380. The second kappa shape index (κ2) is 13.9. The third kappa shape index (κ3) is 7.23. The van der Waals surface area contributed by atoms with Gasteiger partial charge in [0.25, 0.3) is 12.4 Å². The van der Waals surface area contributed by atoms with E-state index in [-0.39, 0.29) is 24.9 Å². The Morgan fingerprint density at radius 2 is 1.55 bits per heavy atom. The molecule has 0 bridgehead atoms. The van der Waals surface area contributed by atoms with E-state index in [2.05, 4.69) is 0 Å². The summed E-state index contributed by atoms with van der Waals surface area (Å²) in [5, 5.41) is 0. The average molecular weight is 600 g/mol. The van der Waals surface area contributed by atoms with Crippen LogP contribution in [0.1, 0.15) is 28.4 Å². The standard InChI is InChI=1S/C33H26FNO5S2/c34-27-14-11-23(12-15-27)17-18-39-28-16-13-24(20-30-32(37)35(21-38-22-36)33(41)42-30)19-29(28)40-31(25-7-3-1-4-8-25)26-9-5-2-6-10-26/h1-16,19-20,22,31H,17-18,21H2. The zero-order valence-corrected chi connectivity index (χ0v) is 24.0. The van der Waals surface area contributed by atoms with Crippen molar-refractivity contribution in [3.05, 3.63) is 136 Å². The summed E-state index contributed by atoms with van der Waals surface area (Å²) in [6.07, 6.45) is 1.86. The molecule has 5 rings (SSSR count). The van der Waals surface area contributed by atoms with E-state index in [1.165, 1.54) is 17.0 Å². The quantitative estimate of drug-likeness (QED) is 0.0992. The van der Waals surface area contributed by atoms with Crippen molar-refractivity contribution in [2.75, 3.05) is 13.3 Å². The number of hydrogen-bond donors (Lipinski definition) is 0. The maximum atomic E-state index is 13.3. The molecule has 1 aliphatic heterocycles. The lowest BCUT2D eigenvalue weighted by Crippen LogP contribution is -2.30. The van der Waals surface area contributed by atoms with Crippen LogP contribution in [0, 0.1) is 5.82 Å². The molecule has 4 aromatic carbocycles. The summed E-state index contributed by atoms with van der Waals surface area (Å²) in [6.45, 7) is 0.380. The van der Waals surface area contributed by atoms with Gasteiger partial charge in [-0.15, -0.1) is 0 Å². The van der Waals surface area contributed by atoms with Crippen LogP contribution in [0.2, 0.25) is 0 Å². The van der Waals surface area contributed by atoms with Gasteiger partial charge in [0.05, 0.1) is 11.5 Å². The molecule has 1 saturated heterocycles. The molecule has 9 heteroatoms. The number of amides is 1. The molecular formula is C33H26FNO5S2. The minimum absolute atomic E-state index is 0.240. The Hall–Kier alpha value is -4.47. The van der Waals surface area contributed by atoms with Crippen molar-refractivity contribution < 1.29 is 28.2 Å². The Bertz CT molecular complexity index is 1540. The molecule has 212 valence electrons. The van der Waals surface area contributed by atoms with Gasteiger partial charge in [-0.1, -0.05) is 103 Å². The summed E-state index contributed by atoms with van der Waals surface area (Å²) >= 11 is 6.43. The lowest BCUT2D eigenvalue weighted by atomic mass is 10.0. The van der Waals surface area contributed by atoms with Gasteiger partial charge in [0.15, 0.2) is 22.6 Å². The number of nitrogens with zero attached hydrogens (tertiary/aromatic N) is 1. The van der Waals surface area contributed by atoms with Gasteiger partial charge in [-0.3, -0.25) is 14.5 Å². The Kier molecular flexibility index (Phi) is 9.63. The van der Waals surface area contributed by atoms with Crippen molar-refractivity contribution >= 4 is 46.8 Å². The van der Waals surface area contributed by atoms with E-state index in [1.54, 1.807) is 24.3 Å². The number of benzene rings is 4. The van der Waals surface area contributed by atoms with Gasteiger partial charge in [0, 0.05) is 6.42 Å². The van der Waals surface area contributed by atoms with E-state index in [0.717, 1.165) is 28.5 Å². The first kappa shape index (κ1) is 29.0. The lowest BCUT2D eigenvalue weighted by molar-refractivity contribution is -0.135. The predicted molar refractivity (Wildman–Crippen MR) is 164 cm³/mol. The molecule has 0 atom stereocenters. The van der Waals surface area contributed by atoms with Crippen molar-refractivity contribution in [3.63, 3.8) is 0 Å². The van der Waals surface area contributed by atoms with E-state index in [0.29, 0.717) is 39.3 Å². The molecule has 6 nitrogen and oxygen atoms in total. The van der Waals surface area contributed by atoms with Crippen molar-refractivity contribution in [3.8, 4) is 11.5 Å². The van der Waals surface area contributed by atoms with Crippen LogP contribution in [0.15, 0.2) is 108 Å². The fraction of sp³-hybridized carbons (Fsp3) is 0.121. The minimum atomic E-state index is -0.430. The van der Waals surface area contributed by atoms with Crippen LogP contribution in [0.5, 0.6) is 11.5 Å². The molecule has 42 heavy (non-hydrogen) atoms. The van der Waals surface area contributed by atoms with Gasteiger partial charge in [0.1, 0.15) is 11.9 Å². The highest BCUT2D eigenvalue weighted by Gasteiger charge is 2.32. The molecule has 0 unspecified atom stereocenters. The fourth-order valence-corrected chi connectivity index (χ4v) is 5.57. The Morgan fingerprint density at radius 3 is 2.19 bits per heavy atom. The smallest absolute Gasteiger partial charge is 0.294 e. The number of rotatable bonds is 12. The monoisotopic (exact) mass is 599 g/mol. The highest BCUT2D eigenvalue weighted by Crippen LogP contribution is 2.38. The Labute approximate surface area is 252 Å². The molecule has 0 radical (unpaired) electrons. The summed E-state index contributed by atoms with van der Waals surface area (Å²) in [4.78, 5) is 25.1. The molecule has 0 aliphatic carbocycles. The molecule has 0 aromatic heterocycles. The highest BCUT2D eigenvalue weighted by atomic mass is 32.2. The van der Waals surface area contributed by atoms with Gasteiger partial charge < -0.3 is 14.2 Å². The molecule has 1 aliphatic rings. The third-order valence-electron chi connectivity index (χ3n) is 6.42. The van der Waals surface area contributed by atoms with Crippen molar-refractivity contribution in [2.24, 2.45) is 0 Å². The summed E-state index contributed by atoms with van der Waals surface area (Å²) in [7, 11) is 0. The van der Waals surface area contributed by atoms with Crippen LogP contribution < -0.4 is 9.47 Å². The van der Waals surface area contributed by atoms with E-state index >= 15 is 0 Å². The van der Waals surface area contributed by atoms with Crippen LogP contribution in [-0.2, 0) is 20.7 Å². The number of carbonyl (C=O) groups excluding carboxylic acids is 2. The zero-order valence-electron chi connectivity index (χ0n) is 22.4. The maximum Gasteiger partial charge on any atom is 0.294 e. The highest BCUT2D eigenvalue weighted by molar-refractivity contribution is 8.26. The van der Waals surface area contributed by atoms with Crippen molar-refractivity contribution in [1.29, 1.82) is 0 Å². The molecule has 1 heterocycles. The van der Waals surface area contributed by atoms with Crippen LogP contribution in [-0.4, -0.2) is 34.9 Å². The lowest BCUT2D eigenvalue weighted by Gasteiger charge is -2.22. The van der Waals surface area contributed by atoms with Gasteiger partial charge in [0.2, 0.25) is 0 Å². The molecule has 0 saturated carbocycles. The van der Waals surface area contributed by atoms with Gasteiger partial charge in [-0.25, -0.2) is 4.39 Å². The van der Waals surface area contributed by atoms with Gasteiger partial charge >= 0.3 is 0 Å². The van der Waals surface area contributed by atoms with E-state index in [1.807, 2.05) is 72.8 Å². The van der Waals surface area contributed by atoms with E-state index in [4.69, 9.17) is 26.4 Å². The first-order chi connectivity index (χ1) is 20.5. The van der Waals surface area contributed by atoms with Gasteiger partial charge in [-0.2, -0.15) is 0 Å². The SMILES string of the molecule is O=COCN1C(=O)C(=Cc2ccc(OCCc3ccc(F)cc3)c(OC(c3ccccc3)c3ccccc3)c2)SC1=S. The minimum Gasteiger partial charge on any atom is -0.489 e. The van der Waals surface area contributed by atoms with Crippen LogP contribution in [0.25, 0.3) is 6.08 Å². The number of halogens is 1. The zero-order chi connectivity index (χ0) is 29.3.